The molecule has 1 aliphatic heterocycles. The monoisotopic (exact) mass is 459 g/mol. The number of rotatable bonds is 6. The zero-order valence-electron chi connectivity index (χ0n) is 17.2. The van der Waals surface area contributed by atoms with Crippen molar-refractivity contribution in [3.05, 3.63) is 81.2 Å². The van der Waals surface area contributed by atoms with E-state index in [1.807, 2.05) is 23.1 Å². The number of carbonyl (C=O) groups excluding carboxylic acids is 1. The van der Waals surface area contributed by atoms with Gasteiger partial charge in [0.1, 0.15) is 18.1 Å². The van der Waals surface area contributed by atoms with Crippen LogP contribution in [-0.4, -0.2) is 47.0 Å². The quantitative estimate of drug-likeness (QED) is 0.528. The van der Waals surface area contributed by atoms with Crippen LogP contribution in [0, 0.1) is 6.92 Å². The zero-order valence-corrected chi connectivity index (χ0v) is 18.7. The first-order valence-electron chi connectivity index (χ1n) is 10.1. The summed E-state index contributed by atoms with van der Waals surface area (Å²) >= 11 is 12.0. The van der Waals surface area contributed by atoms with Crippen molar-refractivity contribution >= 4 is 29.1 Å². The first-order chi connectivity index (χ1) is 15.0. The summed E-state index contributed by atoms with van der Waals surface area (Å²) in [5, 5.41) is 5.39. The van der Waals surface area contributed by atoms with Gasteiger partial charge < -0.3 is 14.2 Å². The number of benzene rings is 2. The van der Waals surface area contributed by atoms with Gasteiger partial charge in [-0.25, -0.2) is 0 Å². The summed E-state index contributed by atoms with van der Waals surface area (Å²) in [6.45, 7) is 5.62. The fraction of sp³-hybridized carbons (Fsp3) is 0.304. The predicted molar refractivity (Wildman–Crippen MR) is 120 cm³/mol. The number of nitrogens with zero attached hydrogens (tertiary/aromatic N) is 3. The average molecular weight is 460 g/mol. The highest BCUT2D eigenvalue weighted by Crippen LogP contribution is 2.21. The Morgan fingerprint density at radius 3 is 2.52 bits per heavy atom. The molecule has 0 radical (unpaired) electrons. The lowest BCUT2D eigenvalue weighted by Crippen LogP contribution is -2.48. The molecule has 0 saturated carbocycles. The molecule has 0 bridgehead atoms. The van der Waals surface area contributed by atoms with E-state index in [2.05, 4.69) is 16.1 Å². The summed E-state index contributed by atoms with van der Waals surface area (Å²) in [6.07, 6.45) is 0. The second-order valence-electron chi connectivity index (χ2n) is 7.51. The number of carbonyl (C=O) groups is 1. The van der Waals surface area contributed by atoms with Gasteiger partial charge in [-0.2, -0.15) is 0 Å². The number of ether oxygens (including phenoxy) is 1. The predicted octanol–water partition coefficient (Wildman–Crippen LogP) is 4.83. The molecular weight excluding hydrogens is 437 g/mol. The molecule has 1 amide bonds. The molecule has 31 heavy (non-hydrogen) atoms. The van der Waals surface area contributed by atoms with Gasteiger partial charge >= 0.3 is 0 Å². The Bertz CT molecular complexity index is 1040. The lowest BCUT2D eigenvalue weighted by Gasteiger charge is -2.34. The van der Waals surface area contributed by atoms with Gasteiger partial charge in [0.2, 0.25) is 0 Å². The molecule has 2 aromatic carbocycles. The Kier molecular flexibility index (Phi) is 6.80. The Balaban J connectivity index is 1.36. The molecule has 3 aromatic rings. The van der Waals surface area contributed by atoms with Crippen molar-refractivity contribution in [2.24, 2.45) is 0 Å². The van der Waals surface area contributed by atoms with Crippen LogP contribution in [0.25, 0.3) is 0 Å². The van der Waals surface area contributed by atoms with Crippen LogP contribution in [0.1, 0.15) is 27.4 Å². The van der Waals surface area contributed by atoms with Crippen molar-refractivity contribution in [2.45, 2.75) is 20.1 Å². The highest BCUT2D eigenvalue weighted by Gasteiger charge is 2.28. The third-order valence-electron chi connectivity index (χ3n) is 5.34. The van der Waals surface area contributed by atoms with E-state index >= 15 is 0 Å². The zero-order chi connectivity index (χ0) is 21.8. The number of hydrogen-bond donors (Lipinski definition) is 0. The molecule has 0 N–H and O–H groups in total. The molecule has 6 nitrogen and oxygen atoms in total. The van der Waals surface area contributed by atoms with Gasteiger partial charge in [-0.3, -0.25) is 9.69 Å². The summed E-state index contributed by atoms with van der Waals surface area (Å²) in [5.41, 5.74) is 2.15. The Morgan fingerprint density at radius 1 is 1.06 bits per heavy atom. The maximum absolute atomic E-state index is 13.1. The Morgan fingerprint density at radius 2 is 1.81 bits per heavy atom. The normalized spacial score (nSPS) is 14.6. The molecule has 0 atom stereocenters. The summed E-state index contributed by atoms with van der Waals surface area (Å²) in [6, 6.07) is 14.9. The van der Waals surface area contributed by atoms with E-state index in [1.54, 1.807) is 31.2 Å². The van der Waals surface area contributed by atoms with Crippen molar-refractivity contribution < 1.29 is 14.1 Å². The van der Waals surface area contributed by atoms with Gasteiger partial charge in [-0.05, 0) is 48.9 Å². The van der Waals surface area contributed by atoms with Crippen molar-refractivity contribution in [1.29, 1.82) is 0 Å². The molecule has 4 rings (SSSR count). The van der Waals surface area contributed by atoms with Crippen LogP contribution in [-0.2, 0) is 13.2 Å². The molecule has 2 heterocycles. The molecule has 1 aromatic heterocycles. The largest absolute Gasteiger partial charge is 0.489 e. The number of amides is 1. The van der Waals surface area contributed by atoms with E-state index in [0.29, 0.717) is 40.9 Å². The maximum atomic E-state index is 13.1. The van der Waals surface area contributed by atoms with E-state index < -0.39 is 0 Å². The van der Waals surface area contributed by atoms with Crippen LogP contribution in [0.15, 0.2) is 53.1 Å². The third kappa shape index (κ3) is 5.39. The number of aromatic nitrogens is 1. The Hall–Kier alpha value is -2.54. The van der Waals surface area contributed by atoms with Crippen LogP contribution >= 0.6 is 23.2 Å². The third-order valence-corrected chi connectivity index (χ3v) is 5.83. The summed E-state index contributed by atoms with van der Waals surface area (Å²) in [5.74, 6) is 1.11. The van der Waals surface area contributed by atoms with Crippen LogP contribution in [0.5, 0.6) is 5.75 Å². The minimum atomic E-state index is -0.131. The molecule has 1 fully saturated rings. The van der Waals surface area contributed by atoms with Crippen molar-refractivity contribution in [3.8, 4) is 5.75 Å². The van der Waals surface area contributed by atoms with Crippen LogP contribution in [0.2, 0.25) is 10.0 Å². The highest BCUT2D eigenvalue weighted by atomic mass is 35.5. The average Bonchev–Trinajstić information content (AvgIpc) is 3.14. The van der Waals surface area contributed by atoms with Gasteiger partial charge in [0, 0.05) is 42.8 Å². The number of piperazine rings is 1. The Labute approximate surface area is 191 Å². The van der Waals surface area contributed by atoms with Gasteiger partial charge in [0.25, 0.3) is 5.91 Å². The van der Waals surface area contributed by atoms with Crippen molar-refractivity contribution in [1.82, 2.24) is 15.0 Å². The number of halogens is 2. The summed E-state index contributed by atoms with van der Waals surface area (Å²) in [4.78, 5) is 17.2. The van der Waals surface area contributed by atoms with Crippen molar-refractivity contribution in [3.63, 3.8) is 0 Å². The maximum Gasteiger partial charge on any atom is 0.276 e. The standard InChI is InChI=1S/C23H23Cl2N3O3/c1-16-21(15-30-20-7-5-18(24)6-8-20)22(26-31-16)23(29)28-11-9-27(10-12-28)14-17-3-2-4-19(25)13-17/h2-8,13H,9-12,14-15H2,1H3. The van der Waals surface area contributed by atoms with Crippen molar-refractivity contribution in [2.75, 3.05) is 26.2 Å². The number of aryl methyl sites for hydroxylation is 1. The molecule has 8 heteroatoms. The summed E-state index contributed by atoms with van der Waals surface area (Å²) < 4.78 is 11.1. The minimum Gasteiger partial charge on any atom is -0.489 e. The second-order valence-corrected chi connectivity index (χ2v) is 8.38. The molecule has 0 aliphatic carbocycles. The lowest BCUT2D eigenvalue weighted by atomic mass is 10.1. The van der Waals surface area contributed by atoms with Gasteiger partial charge in [0.05, 0.1) is 5.56 Å². The first kappa shape index (κ1) is 21.7. The fourth-order valence-corrected chi connectivity index (χ4v) is 3.91. The first-order valence-corrected chi connectivity index (χ1v) is 10.8. The minimum absolute atomic E-state index is 0.131. The van der Waals surface area contributed by atoms with E-state index in [9.17, 15) is 4.79 Å². The fourth-order valence-electron chi connectivity index (χ4n) is 3.57. The van der Waals surface area contributed by atoms with Crippen LogP contribution < -0.4 is 4.74 Å². The molecular formula is C23H23Cl2N3O3. The van der Waals surface area contributed by atoms with Crippen LogP contribution in [0.4, 0.5) is 0 Å². The van der Waals surface area contributed by atoms with E-state index in [-0.39, 0.29) is 12.5 Å². The van der Waals surface area contributed by atoms with E-state index in [1.165, 1.54) is 5.56 Å². The molecule has 0 unspecified atom stereocenters. The summed E-state index contributed by atoms with van der Waals surface area (Å²) in [7, 11) is 0. The van der Waals surface area contributed by atoms with Crippen LogP contribution in [0.3, 0.4) is 0 Å². The SMILES string of the molecule is Cc1onc(C(=O)N2CCN(Cc3cccc(Cl)c3)CC2)c1COc1ccc(Cl)cc1. The molecule has 1 saturated heterocycles. The second kappa shape index (κ2) is 9.73. The number of hydrogen-bond acceptors (Lipinski definition) is 5. The topological polar surface area (TPSA) is 58.8 Å². The lowest BCUT2D eigenvalue weighted by molar-refractivity contribution is 0.0616. The van der Waals surface area contributed by atoms with E-state index in [0.717, 1.165) is 24.7 Å². The van der Waals surface area contributed by atoms with Gasteiger partial charge in [-0.15, -0.1) is 0 Å². The highest BCUT2D eigenvalue weighted by molar-refractivity contribution is 6.30. The smallest absolute Gasteiger partial charge is 0.276 e. The molecule has 1 aliphatic rings. The molecule has 162 valence electrons. The van der Waals surface area contributed by atoms with Gasteiger partial charge in [-0.1, -0.05) is 40.5 Å². The molecule has 0 spiro atoms. The van der Waals surface area contributed by atoms with Gasteiger partial charge in [0.15, 0.2) is 5.69 Å². The van der Waals surface area contributed by atoms with E-state index in [4.69, 9.17) is 32.5 Å².